The second-order valence-electron chi connectivity index (χ2n) is 7.19. The number of aliphatic hydroxyl groups excluding tert-OH is 1. The zero-order chi connectivity index (χ0) is 13.1. The number of rotatable bonds is 6. The monoisotopic (exact) mass is 440 g/mol. The Labute approximate surface area is 110 Å². The van der Waals surface area contributed by atoms with Crippen molar-refractivity contribution in [1.82, 2.24) is 0 Å². The van der Waals surface area contributed by atoms with Gasteiger partial charge in [0.25, 0.3) is 0 Å². The Balaban J connectivity index is 4.40. The average Bonchev–Trinajstić information content (AvgIpc) is 1.96. The fourth-order valence-corrected chi connectivity index (χ4v) is 10.7. The Bertz CT molecular complexity index is 241. The minimum atomic E-state index is -1.86. The van der Waals surface area contributed by atoms with Gasteiger partial charge in [0.1, 0.15) is 0 Å². The van der Waals surface area contributed by atoms with Crippen LogP contribution in [-0.4, -0.2) is 48.0 Å². The molecule has 94 valence electrons. The first kappa shape index (κ1) is 17.0. The van der Waals surface area contributed by atoms with Gasteiger partial charge in [-0.3, -0.25) is 0 Å². The zero-order valence-corrected chi connectivity index (χ0v) is 17.6. The van der Waals surface area contributed by atoms with E-state index in [1.807, 2.05) is 0 Å². The zero-order valence-electron chi connectivity index (χ0n) is 11.9. The van der Waals surface area contributed by atoms with E-state index in [0.29, 0.717) is 0 Å². The van der Waals surface area contributed by atoms with E-state index in [1.165, 1.54) is 0 Å². The molecule has 0 aliphatic heterocycles. The van der Waals surface area contributed by atoms with Gasteiger partial charge in [-0.05, 0) is 0 Å². The van der Waals surface area contributed by atoms with Crippen LogP contribution in [0.3, 0.4) is 0 Å². The summed E-state index contributed by atoms with van der Waals surface area (Å²) in [7, 11) is 0. The molecule has 0 saturated heterocycles. The SMILES string of the molecule is C=C([CH2][Sn]([CH3])([CH3])[CH3])C(O)C(=C)[CH2][Sn]([CH3])([CH3])[CH3]. The molecule has 0 radical (unpaired) electrons. The van der Waals surface area contributed by atoms with E-state index in [0.717, 1.165) is 20.0 Å². The first-order chi connectivity index (χ1) is 6.92. The third kappa shape index (κ3) is 8.18. The average molecular weight is 438 g/mol. The maximum atomic E-state index is 10.2. The molecule has 0 bridgehead atoms. The second kappa shape index (κ2) is 6.28. The first-order valence-corrected chi connectivity index (χ1v) is 27.1. The Kier molecular flexibility index (Phi) is 6.68. The Morgan fingerprint density at radius 1 is 0.875 bits per heavy atom. The molecular formula is C13H28OSn2. The maximum absolute atomic E-state index is 10.2. The second-order valence-corrected chi connectivity index (χ2v) is 38.4. The number of hydrogen-bond donors (Lipinski definition) is 1. The topological polar surface area (TPSA) is 20.2 Å². The van der Waals surface area contributed by atoms with Crippen molar-refractivity contribution in [2.75, 3.05) is 0 Å². The summed E-state index contributed by atoms with van der Waals surface area (Å²) >= 11 is -3.73. The van der Waals surface area contributed by atoms with Crippen molar-refractivity contribution in [2.45, 2.75) is 44.6 Å². The standard InChI is InChI=1S/C7H10O.6CH3.2Sn/c1-5(2)7(8)6(3)4;;;;;;;;/h7-8H,1-4H2;6*1H3;;. The fraction of sp³-hybridized carbons (Fsp3) is 0.692. The molecule has 16 heavy (non-hydrogen) atoms. The van der Waals surface area contributed by atoms with E-state index in [2.05, 4.69) is 42.8 Å². The van der Waals surface area contributed by atoms with Crippen LogP contribution >= 0.6 is 0 Å². The molecule has 3 heteroatoms. The van der Waals surface area contributed by atoms with Crippen molar-refractivity contribution in [3.8, 4) is 0 Å². The van der Waals surface area contributed by atoms with Crippen LogP contribution in [0.15, 0.2) is 24.3 Å². The summed E-state index contributed by atoms with van der Waals surface area (Å²) in [6, 6.07) is 0. The Morgan fingerprint density at radius 3 is 1.31 bits per heavy atom. The summed E-state index contributed by atoms with van der Waals surface area (Å²) in [5.74, 6) is 0. The van der Waals surface area contributed by atoms with Crippen LogP contribution in [0.25, 0.3) is 0 Å². The van der Waals surface area contributed by atoms with Gasteiger partial charge in [0, 0.05) is 0 Å². The van der Waals surface area contributed by atoms with Crippen LogP contribution in [0.5, 0.6) is 0 Å². The first-order valence-electron chi connectivity index (χ1n) is 5.96. The summed E-state index contributed by atoms with van der Waals surface area (Å²) in [6.45, 7) is 8.11. The van der Waals surface area contributed by atoms with Crippen LogP contribution in [0, 0.1) is 0 Å². The van der Waals surface area contributed by atoms with Gasteiger partial charge < -0.3 is 0 Å². The van der Waals surface area contributed by atoms with Gasteiger partial charge in [0.15, 0.2) is 0 Å². The molecular weight excluding hydrogens is 410 g/mol. The van der Waals surface area contributed by atoms with E-state index in [4.69, 9.17) is 0 Å². The molecule has 0 aliphatic rings. The van der Waals surface area contributed by atoms with Crippen molar-refractivity contribution >= 4 is 36.8 Å². The van der Waals surface area contributed by atoms with Gasteiger partial charge in [0.2, 0.25) is 0 Å². The van der Waals surface area contributed by atoms with Crippen molar-refractivity contribution < 1.29 is 5.11 Å². The van der Waals surface area contributed by atoms with E-state index in [9.17, 15) is 5.11 Å². The molecule has 0 saturated carbocycles. The predicted octanol–water partition coefficient (Wildman–Crippen LogP) is 4.14. The van der Waals surface area contributed by atoms with E-state index >= 15 is 0 Å². The van der Waals surface area contributed by atoms with Gasteiger partial charge >= 0.3 is 111 Å². The summed E-state index contributed by atoms with van der Waals surface area (Å²) in [5.41, 5.74) is 2.01. The van der Waals surface area contributed by atoms with Crippen LogP contribution in [0.2, 0.25) is 38.5 Å². The molecule has 0 unspecified atom stereocenters. The summed E-state index contributed by atoms with van der Waals surface area (Å²) < 4.78 is 2.13. The third-order valence-electron chi connectivity index (χ3n) is 2.29. The molecule has 0 aromatic heterocycles. The summed E-state index contributed by atoms with van der Waals surface area (Å²) in [5, 5.41) is 10.2. The summed E-state index contributed by atoms with van der Waals surface area (Å²) in [6.07, 6.45) is -0.452. The number of hydrogen-bond acceptors (Lipinski definition) is 1. The van der Waals surface area contributed by atoms with Crippen molar-refractivity contribution in [3.05, 3.63) is 24.3 Å². The van der Waals surface area contributed by atoms with Crippen molar-refractivity contribution in [2.24, 2.45) is 0 Å². The van der Waals surface area contributed by atoms with Gasteiger partial charge in [-0.15, -0.1) is 0 Å². The normalized spacial score (nSPS) is 13.0. The van der Waals surface area contributed by atoms with Crippen molar-refractivity contribution in [1.29, 1.82) is 0 Å². The van der Waals surface area contributed by atoms with Gasteiger partial charge in [0.05, 0.1) is 0 Å². The molecule has 0 heterocycles. The Morgan fingerprint density at radius 2 is 1.12 bits per heavy atom. The third-order valence-corrected chi connectivity index (χ3v) is 10.9. The molecule has 0 fully saturated rings. The van der Waals surface area contributed by atoms with E-state index in [-0.39, 0.29) is 0 Å². The molecule has 0 aromatic rings. The molecule has 0 aliphatic carbocycles. The van der Waals surface area contributed by atoms with E-state index < -0.39 is 42.9 Å². The molecule has 0 aromatic carbocycles. The molecule has 0 rings (SSSR count). The minimum absolute atomic E-state index is 0.452. The molecule has 0 spiro atoms. The molecule has 1 N–H and O–H groups in total. The number of aliphatic hydroxyl groups is 1. The molecule has 0 amide bonds. The van der Waals surface area contributed by atoms with Crippen LogP contribution in [0.4, 0.5) is 0 Å². The van der Waals surface area contributed by atoms with Crippen LogP contribution in [-0.2, 0) is 0 Å². The quantitative estimate of drug-likeness (QED) is 0.489. The summed E-state index contributed by atoms with van der Waals surface area (Å²) in [4.78, 5) is 14.2. The van der Waals surface area contributed by atoms with E-state index in [1.54, 1.807) is 0 Å². The van der Waals surface area contributed by atoms with Gasteiger partial charge in [-0.2, -0.15) is 0 Å². The predicted molar refractivity (Wildman–Crippen MR) is 80.6 cm³/mol. The van der Waals surface area contributed by atoms with Crippen molar-refractivity contribution in [3.63, 3.8) is 0 Å². The van der Waals surface area contributed by atoms with Crippen LogP contribution < -0.4 is 0 Å². The molecule has 0 atom stereocenters. The van der Waals surface area contributed by atoms with Gasteiger partial charge in [-0.1, -0.05) is 0 Å². The fourth-order valence-electron chi connectivity index (χ4n) is 1.84. The Hall–Kier alpha value is 1.04. The van der Waals surface area contributed by atoms with Gasteiger partial charge in [-0.25, -0.2) is 0 Å². The van der Waals surface area contributed by atoms with Crippen LogP contribution in [0.1, 0.15) is 0 Å². The molecule has 1 nitrogen and oxygen atoms in total.